The fourth-order valence-electron chi connectivity index (χ4n) is 9.03. The van der Waals surface area contributed by atoms with Crippen LogP contribution in [0.1, 0.15) is 245 Å². The number of aliphatic hydroxyl groups is 7. The molecule has 0 spiro atoms. The van der Waals surface area contributed by atoms with Crippen molar-refractivity contribution in [1.29, 1.82) is 0 Å². The van der Waals surface area contributed by atoms with Gasteiger partial charge in [0.1, 0.15) is 36.6 Å². The zero-order chi connectivity index (χ0) is 50.4. The Hall–Kier alpha value is -1.93. The Bertz CT molecular complexity index is 1260. The first kappa shape index (κ1) is 65.1. The Balaban J connectivity index is 2.13. The van der Waals surface area contributed by atoms with E-state index in [1.54, 1.807) is 0 Å². The monoisotopic (exact) mass is 978 g/mol. The number of aliphatic hydroxyl groups excluding tert-OH is 7. The normalized spacial score (nSPS) is 20.7. The van der Waals surface area contributed by atoms with E-state index in [9.17, 15) is 40.5 Å². The summed E-state index contributed by atoms with van der Waals surface area (Å²) in [5, 5.41) is 75.5. The molecule has 0 aromatic carbocycles. The second-order valence-electron chi connectivity index (χ2n) is 20.0. The first-order valence-corrected chi connectivity index (χ1v) is 28.5. The van der Waals surface area contributed by atoms with Crippen LogP contribution in [0.2, 0.25) is 0 Å². The lowest BCUT2D eigenvalue weighted by Crippen LogP contribution is -2.60. The highest BCUT2D eigenvalue weighted by Gasteiger charge is 2.44. The Labute approximate surface area is 421 Å². The summed E-state index contributed by atoms with van der Waals surface area (Å²) in [6.07, 6.45) is 48.2. The second kappa shape index (κ2) is 47.1. The number of nitrogens with one attached hydrogen (secondary N) is 1. The second-order valence-corrected chi connectivity index (χ2v) is 20.0. The molecule has 1 heterocycles. The number of ether oxygens (including phenoxy) is 2. The molecule has 1 aliphatic heterocycles. The van der Waals surface area contributed by atoms with Crippen molar-refractivity contribution in [3.63, 3.8) is 0 Å². The van der Waals surface area contributed by atoms with E-state index in [1.807, 2.05) is 19.1 Å². The first-order valence-electron chi connectivity index (χ1n) is 28.5. The van der Waals surface area contributed by atoms with Crippen molar-refractivity contribution in [3.8, 4) is 0 Å². The minimum Gasteiger partial charge on any atom is -0.394 e. The van der Waals surface area contributed by atoms with Crippen molar-refractivity contribution in [2.75, 3.05) is 13.2 Å². The van der Waals surface area contributed by atoms with Crippen LogP contribution in [0.5, 0.6) is 0 Å². The van der Waals surface area contributed by atoms with Crippen molar-refractivity contribution in [3.05, 3.63) is 48.6 Å². The molecule has 11 heteroatoms. The van der Waals surface area contributed by atoms with Crippen LogP contribution >= 0.6 is 0 Å². The lowest BCUT2D eigenvalue weighted by molar-refractivity contribution is -0.303. The fraction of sp³-hybridized carbons (Fsp3) is 0.845. The predicted molar refractivity (Wildman–Crippen MR) is 284 cm³/mol. The van der Waals surface area contributed by atoms with Gasteiger partial charge in [-0.15, -0.1) is 0 Å². The summed E-state index contributed by atoms with van der Waals surface area (Å²) in [4.78, 5) is 13.1. The number of hydrogen-bond donors (Lipinski definition) is 8. The number of hydrogen-bond acceptors (Lipinski definition) is 10. The van der Waals surface area contributed by atoms with E-state index in [0.717, 1.165) is 38.5 Å². The van der Waals surface area contributed by atoms with Crippen molar-refractivity contribution >= 4 is 5.91 Å². The van der Waals surface area contributed by atoms with Gasteiger partial charge in [-0.25, -0.2) is 0 Å². The molecule has 11 nitrogen and oxygen atoms in total. The Kier molecular flexibility index (Phi) is 44.4. The van der Waals surface area contributed by atoms with Gasteiger partial charge in [-0.1, -0.05) is 216 Å². The number of carbonyl (C=O) groups is 1. The highest BCUT2D eigenvalue weighted by molar-refractivity contribution is 5.80. The van der Waals surface area contributed by atoms with Crippen molar-refractivity contribution in [2.24, 2.45) is 0 Å². The van der Waals surface area contributed by atoms with Gasteiger partial charge >= 0.3 is 0 Å². The highest BCUT2D eigenvalue weighted by atomic mass is 16.7. The van der Waals surface area contributed by atoms with Crippen molar-refractivity contribution in [2.45, 2.75) is 300 Å². The van der Waals surface area contributed by atoms with Gasteiger partial charge in [-0.05, 0) is 77.6 Å². The average Bonchev–Trinajstić information content (AvgIpc) is 3.35. The number of allylic oxidation sites excluding steroid dienone is 8. The lowest BCUT2D eigenvalue weighted by Gasteiger charge is -2.40. The zero-order valence-electron chi connectivity index (χ0n) is 44.0. The van der Waals surface area contributed by atoms with E-state index in [4.69, 9.17) is 9.47 Å². The van der Waals surface area contributed by atoms with Crippen LogP contribution in [0.25, 0.3) is 0 Å². The van der Waals surface area contributed by atoms with Crippen LogP contribution in [0.15, 0.2) is 48.6 Å². The molecule has 1 amide bonds. The molecule has 0 radical (unpaired) electrons. The molecular formula is C58H107NO10. The molecule has 0 aromatic rings. The number of rotatable bonds is 48. The summed E-state index contributed by atoms with van der Waals surface area (Å²) in [7, 11) is 0. The van der Waals surface area contributed by atoms with Crippen molar-refractivity contribution in [1.82, 2.24) is 5.32 Å². The lowest BCUT2D eigenvalue weighted by atomic mass is 9.98. The molecule has 1 rings (SSSR count). The van der Waals surface area contributed by atoms with Crippen LogP contribution in [-0.4, -0.2) is 110 Å². The number of carbonyl (C=O) groups excluding carboxylic acids is 1. The summed E-state index contributed by atoms with van der Waals surface area (Å²) >= 11 is 0. The quantitative estimate of drug-likeness (QED) is 0.0215. The minimum absolute atomic E-state index is 0.243. The molecule has 1 saturated heterocycles. The third-order valence-corrected chi connectivity index (χ3v) is 13.7. The van der Waals surface area contributed by atoms with Gasteiger partial charge in [0, 0.05) is 0 Å². The molecule has 8 N–H and O–H groups in total. The molecule has 0 bridgehead atoms. The summed E-state index contributed by atoms with van der Waals surface area (Å²) < 4.78 is 11.1. The third-order valence-electron chi connectivity index (χ3n) is 13.7. The summed E-state index contributed by atoms with van der Waals surface area (Å²) in [5.41, 5.74) is 0. The molecule has 0 aromatic heterocycles. The van der Waals surface area contributed by atoms with Gasteiger partial charge in [0.2, 0.25) is 5.91 Å². The standard InChI is InChI=1S/C58H107NO10/c1-3-5-7-9-11-13-14-15-16-17-18-19-20-21-22-23-24-25-26-27-28-29-30-31-32-33-34-35-36-37-38-40-42-44-46-51(62)57(67)59-49(48-68-58-56(66)55(65)54(64)52(47-60)69-58)53(63)50(61)45-43-41-39-12-10-8-6-4-2/h4,6,12,20-21,23-24,39,49-56,58,60-66H,3,5,7-11,13-19,22,25-38,40-48H2,1-2H3,(H,59,67)/b6-4+,21-20-,24-23-,39-12+. The molecule has 9 unspecified atom stereocenters. The molecule has 0 aliphatic carbocycles. The van der Waals surface area contributed by atoms with Gasteiger partial charge in [0.05, 0.1) is 25.4 Å². The van der Waals surface area contributed by atoms with E-state index in [-0.39, 0.29) is 12.8 Å². The molecule has 404 valence electrons. The molecule has 1 aliphatic rings. The van der Waals surface area contributed by atoms with Crippen LogP contribution < -0.4 is 5.32 Å². The van der Waals surface area contributed by atoms with E-state index < -0.39 is 74.2 Å². The van der Waals surface area contributed by atoms with Gasteiger partial charge in [-0.2, -0.15) is 0 Å². The van der Waals surface area contributed by atoms with E-state index in [1.165, 1.54) is 161 Å². The third kappa shape index (κ3) is 35.8. The van der Waals surface area contributed by atoms with Gasteiger partial charge in [-0.3, -0.25) is 4.79 Å². The molecule has 1 fully saturated rings. The summed E-state index contributed by atoms with van der Waals surface area (Å²) in [6, 6.07) is -1.19. The van der Waals surface area contributed by atoms with Gasteiger partial charge in [0.25, 0.3) is 0 Å². The molecular weight excluding hydrogens is 871 g/mol. The smallest absolute Gasteiger partial charge is 0.249 e. The van der Waals surface area contributed by atoms with Crippen LogP contribution in [0.3, 0.4) is 0 Å². The number of unbranched alkanes of at least 4 members (excludes halogenated alkanes) is 29. The van der Waals surface area contributed by atoms with E-state index >= 15 is 0 Å². The topological polar surface area (TPSA) is 189 Å². The zero-order valence-corrected chi connectivity index (χ0v) is 44.0. The summed E-state index contributed by atoms with van der Waals surface area (Å²) in [6.45, 7) is 3.18. The molecule has 69 heavy (non-hydrogen) atoms. The van der Waals surface area contributed by atoms with Gasteiger partial charge in [0.15, 0.2) is 6.29 Å². The Morgan fingerprint density at radius 2 is 0.971 bits per heavy atom. The summed E-state index contributed by atoms with van der Waals surface area (Å²) in [5.74, 6) is -0.713. The maximum Gasteiger partial charge on any atom is 0.249 e. The van der Waals surface area contributed by atoms with Crippen molar-refractivity contribution < 1.29 is 50.0 Å². The van der Waals surface area contributed by atoms with Crippen LogP contribution in [-0.2, 0) is 14.3 Å². The minimum atomic E-state index is -1.67. The number of amides is 1. The van der Waals surface area contributed by atoms with Gasteiger partial charge < -0.3 is 50.5 Å². The predicted octanol–water partition coefficient (Wildman–Crippen LogP) is 11.7. The maximum atomic E-state index is 13.1. The maximum absolute atomic E-state index is 13.1. The highest BCUT2D eigenvalue weighted by Crippen LogP contribution is 2.23. The SMILES string of the molecule is C/C=C/CC/C=C/CCCC(O)C(O)C(COC1OC(CO)C(O)C(O)C1O)NC(=O)C(O)CCCCCCCCCCCCCCCCCC/C=C\C/C=C\CCCCCCCCCCCCC. The van der Waals surface area contributed by atoms with E-state index in [0.29, 0.717) is 19.3 Å². The van der Waals surface area contributed by atoms with Crippen LogP contribution in [0.4, 0.5) is 0 Å². The molecule has 9 atom stereocenters. The largest absolute Gasteiger partial charge is 0.394 e. The first-order chi connectivity index (χ1) is 33.7. The van der Waals surface area contributed by atoms with E-state index in [2.05, 4.69) is 48.7 Å². The molecule has 0 saturated carbocycles. The fourth-order valence-corrected chi connectivity index (χ4v) is 9.03. The Morgan fingerprint density at radius 3 is 1.46 bits per heavy atom. The van der Waals surface area contributed by atoms with Crippen LogP contribution in [0, 0.1) is 0 Å². The average molecular weight is 978 g/mol. The Morgan fingerprint density at radius 1 is 0.536 bits per heavy atom.